The van der Waals surface area contributed by atoms with Gasteiger partial charge in [-0.15, -0.1) is 0 Å². The first-order valence-electron chi connectivity index (χ1n) is 7.38. The fraction of sp³-hybridized carbons (Fsp3) is 0.0588. The van der Waals surface area contributed by atoms with Crippen LogP contribution in [0.15, 0.2) is 61.2 Å². The summed E-state index contributed by atoms with van der Waals surface area (Å²) in [6.07, 6.45) is 6.81. The molecule has 6 nitrogen and oxygen atoms in total. The van der Waals surface area contributed by atoms with Gasteiger partial charge in [-0.2, -0.15) is 15.0 Å². The zero-order valence-corrected chi connectivity index (χ0v) is 13.4. The van der Waals surface area contributed by atoms with Crippen molar-refractivity contribution in [3.63, 3.8) is 0 Å². The molecule has 118 valence electrons. The fourth-order valence-corrected chi connectivity index (χ4v) is 2.61. The Balaban J connectivity index is 1.65. The highest BCUT2D eigenvalue weighted by Crippen LogP contribution is 2.25. The number of hydrogen-bond donors (Lipinski definition) is 1. The summed E-state index contributed by atoms with van der Waals surface area (Å²) < 4.78 is 0. The van der Waals surface area contributed by atoms with Crippen molar-refractivity contribution in [3.8, 4) is 0 Å². The lowest BCUT2D eigenvalue weighted by molar-refractivity contribution is 0.591. The molecule has 0 saturated carbocycles. The van der Waals surface area contributed by atoms with Crippen molar-refractivity contribution in [1.82, 2.24) is 25.0 Å². The Morgan fingerprint density at radius 3 is 2.62 bits per heavy atom. The number of aromatic nitrogens is 5. The normalized spacial score (nSPS) is 10.9. The average Bonchev–Trinajstić information content (AvgIpc) is 3.10. The van der Waals surface area contributed by atoms with Crippen LogP contribution in [0.25, 0.3) is 10.8 Å². The molecule has 0 saturated heterocycles. The van der Waals surface area contributed by atoms with Gasteiger partial charge < -0.3 is 5.32 Å². The lowest BCUT2D eigenvalue weighted by atomic mass is 10.1. The van der Waals surface area contributed by atoms with Crippen molar-refractivity contribution in [3.05, 3.63) is 71.9 Å². The number of nitrogens with one attached hydrogen (secondary N) is 1. The van der Waals surface area contributed by atoms with Crippen LogP contribution in [0.4, 0.5) is 11.5 Å². The van der Waals surface area contributed by atoms with E-state index in [4.69, 9.17) is 11.6 Å². The van der Waals surface area contributed by atoms with Gasteiger partial charge in [-0.3, -0.25) is 0 Å². The number of anilines is 2. The first-order chi connectivity index (χ1) is 11.8. The third-order valence-electron chi connectivity index (χ3n) is 3.61. The number of pyridine rings is 2. The average molecular weight is 337 g/mol. The van der Waals surface area contributed by atoms with Gasteiger partial charge in [0.15, 0.2) is 0 Å². The summed E-state index contributed by atoms with van der Waals surface area (Å²) in [6.45, 7) is 0.634. The van der Waals surface area contributed by atoms with Crippen LogP contribution in [0.5, 0.6) is 0 Å². The smallest absolute Gasteiger partial charge is 0.138 e. The van der Waals surface area contributed by atoms with Crippen LogP contribution >= 0.6 is 11.6 Å². The van der Waals surface area contributed by atoms with Crippen LogP contribution in [0.3, 0.4) is 0 Å². The molecule has 0 fully saturated rings. The van der Waals surface area contributed by atoms with Crippen LogP contribution in [0, 0.1) is 0 Å². The van der Waals surface area contributed by atoms with Crippen LogP contribution in [-0.4, -0.2) is 25.0 Å². The number of rotatable bonds is 4. The number of hydrogen-bond acceptors (Lipinski definition) is 5. The third kappa shape index (κ3) is 3.04. The highest BCUT2D eigenvalue weighted by Gasteiger charge is 2.05. The van der Waals surface area contributed by atoms with E-state index in [0.717, 1.165) is 27.8 Å². The molecular formula is C17H13ClN6. The molecule has 4 aromatic rings. The summed E-state index contributed by atoms with van der Waals surface area (Å²) in [4.78, 5) is 10.2. The van der Waals surface area contributed by atoms with Crippen molar-refractivity contribution < 1.29 is 0 Å². The minimum Gasteiger partial charge on any atom is -0.338 e. The van der Waals surface area contributed by atoms with Crippen molar-refractivity contribution in [2.45, 2.75) is 6.54 Å². The molecule has 0 radical (unpaired) electrons. The molecule has 0 spiro atoms. The highest BCUT2D eigenvalue weighted by molar-refractivity contribution is 6.29. The maximum Gasteiger partial charge on any atom is 0.138 e. The maximum absolute atomic E-state index is 5.82. The monoisotopic (exact) mass is 336 g/mol. The van der Waals surface area contributed by atoms with Crippen LogP contribution in [0.2, 0.25) is 5.15 Å². The van der Waals surface area contributed by atoms with Gasteiger partial charge in [0.25, 0.3) is 0 Å². The number of halogens is 1. The highest BCUT2D eigenvalue weighted by atomic mass is 35.5. The molecule has 0 atom stereocenters. The molecular weight excluding hydrogens is 324 g/mol. The van der Waals surface area contributed by atoms with Crippen molar-refractivity contribution in [2.75, 3.05) is 5.32 Å². The van der Waals surface area contributed by atoms with Crippen molar-refractivity contribution in [2.24, 2.45) is 0 Å². The molecule has 4 rings (SSSR count). The van der Waals surface area contributed by atoms with E-state index in [1.54, 1.807) is 35.7 Å². The second kappa shape index (κ2) is 6.25. The molecule has 0 bridgehead atoms. The van der Waals surface area contributed by atoms with E-state index in [2.05, 4.69) is 37.6 Å². The predicted octanol–water partition coefficient (Wildman–Crippen LogP) is 3.67. The van der Waals surface area contributed by atoms with E-state index in [-0.39, 0.29) is 0 Å². The van der Waals surface area contributed by atoms with E-state index in [9.17, 15) is 0 Å². The molecule has 0 aliphatic rings. The summed E-state index contributed by atoms with van der Waals surface area (Å²) in [5, 5.41) is 14.1. The lowest BCUT2D eigenvalue weighted by Gasteiger charge is -2.10. The van der Waals surface area contributed by atoms with E-state index >= 15 is 0 Å². The molecule has 7 heteroatoms. The molecule has 3 aromatic heterocycles. The minimum absolute atomic E-state index is 0.461. The summed E-state index contributed by atoms with van der Waals surface area (Å²) in [7, 11) is 0. The van der Waals surface area contributed by atoms with Crippen LogP contribution < -0.4 is 5.32 Å². The van der Waals surface area contributed by atoms with Crippen molar-refractivity contribution in [1.29, 1.82) is 0 Å². The quantitative estimate of drug-likeness (QED) is 0.576. The predicted molar refractivity (Wildman–Crippen MR) is 93.4 cm³/mol. The summed E-state index contributed by atoms with van der Waals surface area (Å²) in [5.74, 6) is 0.778. The topological polar surface area (TPSA) is 68.5 Å². The van der Waals surface area contributed by atoms with Gasteiger partial charge in [0, 0.05) is 11.6 Å². The van der Waals surface area contributed by atoms with E-state index in [0.29, 0.717) is 11.7 Å². The Bertz CT molecular complexity index is 966. The van der Waals surface area contributed by atoms with Gasteiger partial charge in [0.1, 0.15) is 11.0 Å². The third-order valence-corrected chi connectivity index (χ3v) is 3.83. The first-order valence-corrected chi connectivity index (χ1v) is 7.76. The molecule has 0 aliphatic heterocycles. The molecule has 0 aliphatic carbocycles. The molecule has 24 heavy (non-hydrogen) atoms. The van der Waals surface area contributed by atoms with Gasteiger partial charge in [-0.1, -0.05) is 23.7 Å². The minimum atomic E-state index is 0.461. The SMILES string of the molecule is Clc1ccc(Nc2nccc3cc(Cn4nccn4)ccc23)cn1. The van der Waals surface area contributed by atoms with Crippen LogP contribution in [-0.2, 0) is 6.54 Å². The van der Waals surface area contributed by atoms with Gasteiger partial charge in [0.2, 0.25) is 0 Å². The zero-order valence-electron chi connectivity index (χ0n) is 12.6. The van der Waals surface area contributed by atoms with Crippen LogP contribution in [0.1, 0.15) is 5.56 Å². The first kappa shape index (κ1) is 14.6. The number of fused-ring (bicyclic) bond motifs is 1. The largest absolute Gasteiger partial charge is 0.338 e. The number of nitrogens with zero attached hydrogens (tertiary/aromatic N) is 5. The Kier molecular flexibility index (Phi) is 3.80. The van der Waals surface area contributed by atoms with Gasteiger partial charge in [-0.05, 0) is 35.2 Å². The molecule has 0 unspecified atom stereocenters. The Morgan fingerprint density at radius 2 is 1.83 bits per heavy atom. The van der Waals surface area contributed by atoms with Crippen molar-refractivity contribution >= 4 is 33.9 Å². The van der Waals surface area contributed by atoms with Gasteiger partial charge >= 0.3 is 0 Å². The maximum atomic E-state index is 5.82. The van der Waals surface area contributed by atoms with E-state index in [1.807, 2.05) is 18.2 Å². The Labute approximate surface area is 143 Å². The zero-order chi connectivity index (χ0) is 16.4. The number of benzene rings is 1. The molecule has 0 amide bonds. The van der Waals surface area contributed by atoms with Gasteiger partial charge in [0.05, 0.1) is 30.8 Å². The van der Waals surface area contributed by atoms with Gasteiger partial charge in [-0.25, -0.2) is 9.97 Å². The summed E-state index contributed by atoms with van der Waals surface area (Å²) >= 11 is 5.82. The molecule has 1 N–H and O–H groups in total. The second-order valence-corrected chi connectivity index (χ2v) is 5.66. The van der Waals surface area contributed by atoms with E-state index in [1.165, 1.54) is 0 Å². The fourth-order valence-electron chi connectivity index (χ4n) is 2.50. The molecule has 3 heterocycles. The molecule has 1 aromatic carbocycles. The summed E-state index contributed by atoms with van der Waals surface area (Å²) in [5.41, 5.74) is 1.97. The summed E-state index contributed by atoms with van der Waals surface area (Å²) in [6, 6.07) is 11.8. The lowest BCUT2D eigenvalue weighted by Crippen LogP contribution is -2.03. The Hall–Kier alpha value is -2.99. The second-order valence-electron chi connectivity index (χ2n) is 5.27. The van der Waals surface area contributed by atoms with E-state index < -0.39 is 0 Å². The standard InChI is InChI=1S/C17H13ClN6/c18-16-4-2-14(10-20-16)23-17-15-3-1-12(9-13(15)5-6-19-17)11-24-21-7-8-22-24/h1-10H,11H2,(H,19,23). The Morgan fingerprint density at radius 1 is 0.958 bits per heavy atom.